The molecule has 0 saturated carbocycles. The number of benzene rings is 2. The number of rotatable bonds is 6. The van der Waals surface area contributed by atoms with Gasteiger partial charge in [-0.3, -0.25) is 4.79 Å². The van der Waals surface area contributed by atoms with Crippen LogP contribution in [0.4, 0.5) is 0 Å². The van der Waals surface area contributed by atoms with Crippen LogP contribution >= 0.6 is 0 Å². The van der Waals surface area contributed by atoms with Crippen molar-refractivity contribution in [1.82, 2.24) is 15.3 Å². The summed E-state index contributed by atoms with van der Waals surface area (Å²) < 4.78 is 5.12. The summed E-state index contributed by atoms with van der Waals surface area (Å²) >= 11 is 0. The number of aryl methyl sites for hydroxylation is 1. The minimum Gasteiger partial charge on any atom is -0.497 e. The van der Waals surface area contributed by atoms with Crippen LogP contribution in [0.2, 0.25) is 0 Å². The van der Waals surface area contributed by atoms with Crippen molar-refractivity contribution in [3.63, 3.8) is 0 Å². The molecule has 124 valence electrons. The Morgan fingerprint density at radius 3 is 2.62 bits per heavy atom. The van der Waals surface area contributed by atoms with Crippen LogP contribution in [0.15, 0.2) is 42.5 Å². The molecule has 0 spiro atoms. The highest BCUT2D eigenvalue weighted by Crippen LogP contribution is 2.15. The maximum Gasteiger partial charge on any atom is 0.224 e. The second kappa shape index (κ2) is 7.17. The molecule has 1 amide bonds. The second-order valence-corrected chi connectivity index (χ2v) is 5.69. The van der Waals surface area contributed by atoms with Gasteiger partial charge in [0.1, 0.15) is 11.6 Å². The predicted molar refractivity (Wildman–Crippen MR) is 94.0 cm³/mol. The summed E-state index contributed by atoms with van der Waals surface area (Å²) in [4.78, 5) is 19.9. The lowest BCUT2D eigenvalue weighted by Gasteiger charge is -2.06. The van der Waals surface area contributed by atoms with Crippen molar-refractivity contribution in [3.8, 4) is 5.75 Å². The van der Waals surface area contributed by atoms with Crippen molar-refractivity contribution in [3.05, 3.63) is 59.4 Å². The van der Waals surface area contributed by atoms with Gasteiger partial charge in [0.15, 0.2) is 0 Å². The Hall–Kier alpha value is -2.82. The Kier molecular flexibility index (Phi) is 4.79. The van der Waals surface area contributed by atoms with E-state index in [1.807, 2.05) is 42.5 Å². The van der Waals surface area contributed by atoms with Crippen LogP contribution in [0.1, 0.15) is 23.9 Å². The van der Waals surface area contributed by atoms with E-state index in [1.54, 1.807) is 7.11 Å². The number of aromatic amines is 1. The standard InChI is InChI=1S/C19H21N3O2/c1-3-18-21-16-9-6-14(10-17(16)22-18)11-19(23)20-12-13-4-7-15(24-2)8-5-13/h4-10H,3,11-12H2,1-2H3,(H,20,23)(H,21,22). The highest BCUT2D eigenvalue weighted by atomic mass is 16.5. The lowest BCUT2D eigenvalue weighted by Crippen LogP contribution is -2.24. The average Bonchev–Trinajstić information content (AvgIpc) is 3.03. The third kappa shape index (κ3) is 3.74. The molecule has 0 bridgehead atoms. The minimum atomic E-state index is 0.000369. The van der Waals surface area contributed by atoms with Crippen LogP contribution in [0.3, 0.4) is 0 Å². The quantitative estimate of drug-likeness (QED) is 0.733. The molecule has 3 aromatic rings. The van der Waals surface area contributed by atoms with Gasteiger partial charge in [0.05, 0.1) is 24.6 Å². The number of ether oxygens (including phenoxy) is 1. The van der Waals surface area contributed by atoms with Gasteiger partial charge in [-0.1, -0.05) is 25.1 Å². The molecule has 0 radical (unpaired) electrons. The molecule has 1 aromatic heterocycles. The summed E-state index contributed by atoms with van der Waals surface area (Å²) in [5.41, 5.74) is 3.93. The van der Waals surface area contributed by atoms with Crippen LogP contribution in [0.25, 0.3) is 11.0 Å². The number of aromatic nitrogens is 2. The third-order valence-electron chi connectivity index (χ3n) is 3.94. The Balaban J connectivity index is 1.59. The first-order chi connectivity index (χ1) is 11.7. The van der Waals surface area contributed by atoms with E-state index in [-0.39, 0.29) is 5.91 Å². The molecule has 2 aromatic carbocycles. The van der Waals surface area contributed by atoms with Crippen LogP contribution in [-0.2, 0) is 24.2 Å². The highest BCUT2D eigenvalue weighted by molar-refractivity contribution is 5.81. The maximum atomic E-state index is 12.1. The summed E-state index contributed by atoms with van der Waals surface area (Å²) in [6.45, 7) is 2.57. The number of imidazole rings is 1. The molecular formula is C19H21N3O2. The molecule has 0 saturated heterocycles. The van der Waals surface area contributed by atoms with Crippen molar-refractivity contribution in [2.45, 2.75) is 26.3 Å². The van der Waals surface area contributed by atoms with Crippen LogP contribution < -0.4 is 10.1 Å². The van der Waals surface area contributed by atoms with Crippen molar-refractivity contribution in [2.24, 2.45) is 0 Å². The molecule has 1 heterocycles. The molecule has 5 heteroatoms. The molecule has 0 aliphatic rings. The molecule has 0 atom stereocenters. The van der Waals surface area contributed by atoms with E-state index in [2.05, 4.69) is 22.2 Å². The van der Waals surface area contributed by atoms with E-state index in [1.165, 1.54) is 0 Å². The van der Waals surface area contributed by atoms with Crippen LogP contribution in [0, 0.1) is 0 Å². The first-order valence-corrected chi connectivity index (χ1v) is 8.05. The summed E-state index contributed by atoms with van der Waals surface area (Å²) in [5, 5.41) is 2.94. The van der Waals surface area contributed by atoms with Crippen LogP contribution in [0.5, 0.6) is 5.75 Å². The largest absolute Gasteiger partial charge is 0.497 e. The van der Waals surface area contributed by atoms with E-state index in [4.69, 9.17) is 4.74 Å². The van der Waals surface area contributed by atoms with Gasteiger partial charge >= 0.3 is 0 Å². The van der Waals surface area contributed by atoms with E-state index in [0.717, 1.165) is 40.2 Å². The number of hydrogen-bond donors (Lipinski definition) is 2. The van der Waals surface area contributed by atoms with Crippen molar-refractivity contribution < 1.29 is 9.53 Å². The second-order valence-electron chi connectivity index (χ2n) is 5.69. The minimum absolute atomic E-state index is 0.000369. The SMILES string of the molecule is CCc1nc2ccc(CC(=O)NCc3ccc(OC)cc3)cc2[nH]1. The van der Waals surface area contributed by atoms with E-state index in [0.29, 0.717) is 13.0 Å². The zero-order valence-corrected chi connectivity index (χ0v) is 13.9. The third-order valence-corrected chi connectivity index (χ3v) is 3.94. The van der Waals surface area contributed by atoms with Gasteiger partial charge < -0.3 is 15.0 Å². The first kappa shape index (κ1) is 16.1. The van der Waals surface area contributed by atoms with Gasteiger partial charge in [0, 0.05) is 13.0 Å². The fourth-order valence-corrected chi connectivity index (χ4v) is 2.58. The van der Waals surface area contributed by atoms with E-state index in [9.17, 15) is 4.79 Å². The van der Waals surface area contributed by atoms with Crippen molar-refractivity contribution in [2.75, 3.05) is 7.11 Å². The average molecular weight is 323 g/mol. The number of carbonyl (C=O) groups is 1. The summed E-state index contributed by atoms with van der Waals surface area (Å²) in [7, 11) is 1.64. The molecule has 0 fully saturated rings. The zero-order valence-electron chi connectivity index (χ0n) is 13.9. The Morgan fingerprint density at radius 2 is 1.92 bits per heavy atom. The number of carbonyl (C=O) groups excluding carboxylic acids is 1. The molecule has 0 unspecified atom stereocenters. The smallest absolute Gasteiger partial charge is 0.224 e. The Morgan fingerprint density at radius 1 is 1.17 bits per heavy atom. The molecule has 2 N–H and O–H groups in total. The predicted octanol–water partition coefficient (Wildman–Crippen LogP) is 2.99. The number of methoxy groups -OCH3 is 1. The lowest BCUT2D eigenvalue weighted by atomic mass is 10.1. The number of H-pyrrole nitrogens is 1. The monoisotopic (exact) mass is 323 g/mol. The molecule has 0 aliphatic heterocycles. The fourth-order valence-electron chi connectivity index (χ4n) is 2.58. The molecular weight excluding hydrogens is 302 g/mol. The molecule has 5 nitrogen and oxygen atoms in total. The number of nitrogens with zero attached hydrogens (tertiary/aromatic N) is 1. The van der Waals surface area contributed by atoms with Gasteiger partial charge in [-0.15, -0.1) is 0 Å². The van der Waals surface area contributed by atoms with Crippen LogP contribution in [-0.4, -0.2) is 23.0 Å². The lowest BCUT2D eigenvalue weighted by molar-refractivity contribution is -0.120. The first-order valence-electron chi connectivity index (χ1n) is 8.05. The normalized spacial score (nSPS) is 10.8. The Bertz CT molecular complexity index is 837. The highest BCUT2D eigenvalue weighted by Gasteiger charge is 2.07. The number of hydrogen-bond acceptors (Lipinski definition) is 3. The number of fused-ring (bicyclic) bond motifs is 1. The van der Waals surface area contributed by atoms with Crippen molar-refractivity contribution in [1.29, 1.82) is 0 Å². The van der Waals surface area contributed by atoms with Gasteiger partial charge in [-0.2, -0.15) is 0 Å². The number of amides is 1. The fraction of sp³-hybridized carbons (Fsp3) is 0.263. The van der Waals surface area contributed by atoms with Crippen molar-refractivity contribution >= 4 is 16.9 Å². The molecule has 0 aliphatic carbocycles. The zero-order chi connectivity index (χ0) is 16.9. The maximum absolute atomic E-state index is 12.1. The molecule has 24 heavy (non-hydrogen) atoms. The summed E-state index contributed by atoms with van der Waals surface area (Å²) in [5.74, 6) is 1.77. The van der Waals surface area contributed by atoms with Gasteiger partial charge in [0.2, 0.25) is 5.91 Å². The Labute approximate surface area is 141 Å². The summed E-state index contributed by atoms with van der Waals surface area (Å²) in [6.07, 6.45) is 1.22. The van der Waals surface area contributed by atoms with Gasteiger partial charge in [0.25, 0.3) is 0 Å². The van der Waals surface area contributed by atoms with Gasteiger partial charge in [-0.25, -0.2) is 4.98 Å². The van der Waals surface area contributed by atoms with Gasteiger partial charge in [-0.05, 0) is 35.4 Å². The molecule has 3 rings (SSSR count). The topological polar surface area (TPSA) is 67.0 Å². The van der Waals surface area contributed by atoms with E-state index < -0.39 is 0 Å². The van der Waals surface area contributed by atoms with E-state index >= 15 is 0 Å². The number of nitrogens with one attached hydrogen (secondary N) is 2. The summed E-state index contributed by atoms with van der Waals surface area (Å²) in [6, 6.07) is 13.6.